The highest BCUT2D eigenvalue weighted by Gasteiger charge is 2.53. The molecule has 2 heterocycles. The average molecular weight is 526 g/mol. The lowest BCUT2D eigenvalue weighted by Crippen LogP contribution is -2.45. The molecule has 0 radical (unpaired) electrons. The third kappa shape index (κ3) is 4.49. The molecule has 2 aliphatic rings. The van der Waals surface area contributed by atoms with E-state index in [9.17, 15) is 23.5 Å². The zero-order chi connectivity index (χ0) is 26.3. The number of nitrogens with one attached hydrogen (secondary N) is 1. The number of anilines is 1. The van der Waals surface area contributed by atoms with E-state index in [4.69, 9.17) is 11.6 Å². The van der Waals surface area contributed by atoms with Gasteiger partial charge in [0, 0.05) is 29.9 Å². The lowest BCUT2D eigenvalue weighted by atomic mass is 9.85. The summed E-state index contributed by atoms with van der Waals surface area (Å²) in [5.41, 5.74) is -0.947. The predicted molar refractivity (Wildman–Crippen MR) is 135 cm³/mol. The molecule has 9 heteroatoms. The van der Waals surface area contributed by atoms with Gasteiger partial charge in [-0.15, -0.1) is 0 Å². The minimum atomic E-state index is -2.31. The number of nitrogens with zero attached hydrogens (tertiary/aromatic N) is 2. The van der Waals surface area contributed by atoms with Crippen molar-refractivity contribution in [1.29, 1.82) is 0 Å². The molecule has 6 nitrogen and oxygen atoms in total. The first-order chi connectivity index (χ1) is 17.7. The number of amides is 2. The van der Waals surface area contributed by atoms with Gasteiger partial charge in [-0.2, -0.15) is 0 Å². The molecule has 1 atom stereocenters. The molecule has 1 unspecified atom stereocenters. The second-order valence-corrected chi connectivity index (χ2v) is 10.2. The van der Waals surface area contributed by atoms with Crippen LogP contribution >= 0.6 is 11.6 Å². The Hall–Kier alpha value is -3.36. The molecular weight excluding hydrogens is 500 g/mol. The van der Waals surface area contributed by atoms with Crippen molar-refractivity contribution in [2.75, 3.05) is 11.4 Å². The van der Waals surface area contributed by atoms with Crippen molar-refractivity contribution in [3.05, 3.63) is 93.8 Å². The third-order valence-electron chi connectivity index (χ3n) is 7.40. The van der Waals surface area contributed by atoms with Crippen LogP contribution in [0.2, 0.25) is 5.02 Å². The Labute approximate surface area is 218 Å². The molecule has 0 saturated heterocycles. The van der Waals surface area contributed by atoms with Gasteiger partial charge in [0.1, 0.15) is 0 Å². The number of hydrogen-bond acceptors (Lipinski definition) is 4. The molecule has 2 amide bonds. The normalized spacial score (nSPS) is 23.2. The van der Waals surface area contributed by atoms with Crippen LogP contribution in [0.15, 0.2) is 54.7 Å². The molecule has 1 aliphatic carbocycles. The maximum absolute atomic E-state index is 14.7. The summed E-state index contributed by atoms with van der Waals surface area (Å²) in [6, 6.07) is 11.7. The summed E-state index contributed by atoms with van der Waals surface area (Å²) in [5, 5.41) is 15.0. The van der Waals surface area contributed by atoms with Gasteiger partial charge >= 0.3 is 0 Å². The lowest BCUT2D eigenvalue weighted by Gasteiger charge is -2.32. The van der Waals surface area contributed by atoms with Gasteiger partial charge in [-0.1, -0.05) is 41.9 Å². The van der Waals surface area contributed by atoms with E-state index in [1.54, 1.807) is 37.3 Å². The smallest absolute Gasteiger partial charge is 0.268 e. The minimum absolute atomic E-state index is 0.0259. The van der Waals surface area contributed by atoms with E-state index in [1.807, 2.05) is 0 Å². The molecule has 2 aromatic carbocycles. The Kier molecular flexibility index (Phi) is 6.72. The summed E-state index contributed by atoms with van der Waals surface area (Å²) in [5.74, 6) is -3.17. The summed E-state index contributed by atoms with van der Waals surface area (Å²) < 4.78 is 28.7. The minimum Gasteiger partial charge on any atom is -0.372 e. The maximum atomic E-state index is 14.7. The summed E-state index contributed by atoms with van der Waals surface area (Å²) in [6.45, 7) is 2.08. The van der Waals surface area contributed by atoms with Gasteiger partial charge < -0.3 is 15.3 Å². The Morgan fingerprint density at radius 3 is 2.59 bits per heavy atom. The third-order valence-corrected chi connectivity index (χ3v) is 7.61. The molecule has 37 heavy (non-hydrogen) atoms. The van der Waals surface area contributed by atoms with Gasteiger partial charge in [-0.3, -0.25) is 14.6 Å². The summed E-state index contributed by atoms with van der Waals surface area (Å²) in [6.07, 6.45) is 4.43. The molecule has 0 spiro atoms. The highest BCUT2D eigenvalue weighted by molar-refractivity contribution is 6.30. The number of carbonyl (C=O) groups excluding carboxylic acids is 2. The Morgan fingerprint density at radius 1 is 1.14 bits per heavy atom. The Balaban J connectivity index is 1.29. The van der Waals surface area contributed by atoms with Gasteiger partial charge in [0.2, 0.25) is 0 Å². The van der Waals surface area contributed by atoms with Crippen LogP contribution in [-0.4, -0.2) is 34.5 Å². The fraction of sp³-hybridized carbons (Fsp3) is 0.321. The van der Waals surface area contributed by atoms with Crippen molar-refractivity contribution in [2.45, 2.75) is 44.2 Å². The standard InChI is InChI=1S/C28H26ClF2N3O3/c1-16-20(13-18(29)14-32-16)26(35)33-19-11-9-17(10-12-19)15-34-24-8-3-2-5-21(24)28(37,27(34)36)22-6-4-7-23(30)25(22)31/h2-8,13-14,17,19,37H,9-12,15H2,1H3,(H,33,35). The first-order valence-electron chi connectivity index (χ1n) is 12.2. The van der Waals surface area contributed by atoms with E-state index < -0.39 is 28.7 Å². The lowest BCUT2D eigenvalue weighted by molar-refractivity contribution is -0.132. The maximum Gasteiger partial charge on any atom is 0.268 e. The SMILES string of the molecule is Cc1ncc(Cl)cc1C(=O)NC1CCC(CN2C(=O)C(O)(c3cccc(F)c3F)c3ccccc32)CC1. The molecule has 1 aromatic heterocycles. The number of benzene rings is 2. The summed E-state index contributed by atoms with van der Waals surface area (Å²) >= 11 is 6.00. The Morgan fingerprint density at radius 2 is 1.84 bits per heavy atom. The van der Waals surface area contributed by atoms with E-state index >= 15 is 0 Å². The number of carbonyl (C=O) groups is 2. The molecule has 0 bridgehead atoms. The van der Waals surface area contributed by atoms with E-state index in [0.29, 0.717) is 28.5 Å². The summed E-state index contributed by atoms with van der Waals surface area (Å²) in [7, 11) is 0. The van der Waals surface area contributed by atoms with Gasteiger partial charge in [-0.05, 0) is 56.7 Å². The highest BCUT2D eigenvalue weighted by atomic mass is 35.5. The molecular formula is C28H26ClF2N3O3. The van der Waals surface area contributed by atoms with Crippen LogP contribution < -0.4 is 10.2 Å². The van der Waals surface area contributed by atoms with Gasteiger partial charge in [-0.25, -0.2) is 8.78 Å². The van der Waals surface area contributed by atoms with Crippen LogP contribution in [0.25, 0.3) is 0 Å². The second kappa shape index (κ2) is 9.84. The van der Waals surface area contributed by atoms with Crippen LogP contribution in [0.4, 0.5) is 14.5 Å². The monoisotopic (exact) mass is 525 g/mol. The van der Waals surface area contributed by atoms with Crippen LogP contribution in [0.1, 0.15) is 52.9 Å². The van der Waals surface area contributed by atoms with E-state index in [0.717, 1.165) is 31.7 Å². The Bertz CT molecular complexity index is 1380. The molecule has 5 rings (SSSR count). The zero-order valence-electron chi connectivity index (χ0n) is 20.2. The quantitative estimate of drug-likeness (QED) is 0.497. The van der Waals surface area contributed by atoms with Crippen LogP contribution in [0.3, 0.4) is 0 Å². The molecule has 1 aliphatic heterocycles. The molecule has 2 N–H and O–H groups in total. The van der Waals surface area contributed by atoms with Crippen molar-refractivity contribution in [2.24, 2.45) is 5.92 Å². The summed E-state index contributed by atoms with van der Waals surface area (Å²) in [4.78, 5) is 31.9. The fourth-order valence-electron chi connectivity index (χ4n) is 5.41. The molecule has 192 valence electrons. The van der Waals surface area contributed by atoms with E-state index in [2.05, 4.69) is 10.3 Å². The van der Waals surface area contributed by atoms with Crippen molar-refractivity contribution in [1.82, 2.24) is 10.3 Å². The van der Waals surface area contributed by atoms with Crippen LogP contribution in [0.5, 0.6) is 0 Å². The van der Waals surface area contributed by atoms with Crippen LogP contribution in [-0.2, 0) is 10.4 Å². The van der Waals surface area contributed by atoms with Crippen LogP contribution in [0, 0.1) is 24.5 Å². The number of pyridine rings is 1. The van der Waals surface area contributed by atoms with Crippen molar-refractivity contribution >= 4 is 29.1 Å². The fourth-order valence-corrected chi connectivity index (χ4v) is 5.57. The predicted octanol–water partition coefficient (Wildman–Crippen LogP) is 4.89. The molecule has 1 saturated carbocycles. The van der Waals surface area contributed by atoms with Crippen molar-refractivity contribution < 1.29 is 23.5 Å². The number of halogens is 3. The number of aryl methyl sites for hydroxylation is 1. The van der Waals surface area contributed by atoms with Gasteiger partial charge in [0.25, 0.3) is 11.8 Å². The average Bonchev–Trinajstić information content (AvgIpc) is 3.10. The van der Waals surface area contributed by atoms with Crippen molar-refractivity contribution in [3.8, 4) is 0 Å². The number of para-hydroxylation sites is 1. The van der Waals surface area contributed by atoms with E-state index in [1.165, 1.54) is 23.2 Å². The second-order valence-electron chi connectivity index (χ2n) is 9.72. The van der Waals surface area contributed by atoms with Crippen molar-refractivity contribution in [3.63, 3.8) is 0 Å². The molecule has 3 aromatic rings. The number of hydrogen-bond donors (Lipinski definition) is 2. The zero-order valence-corrected chi connectivity index (χ0v) is 20.9. The first-order valence-corrected chi connectivity index (χ1v) is 12.6. The number of aliphatic hydroxyl groups is 1. The number of rotatable bonds is 5. The largest absolute Gasteiger partial charge is 0.372 e. The highest BCUT2D eigenvalue weighted by Crippen LogP contribution is 2.46. The topological polar surface area (TPSA) is 82.5 Å². The number of fused-ring (bicyclic) bond motifs is 1. The first kappa shape index (κ1) is 25.3. The molecule has 1 fully saturated rings. The number of aromatic nitrogens is 1. The van der Waals surface area contributed by atoms with Gasteiger partial charge in [0.05, 0.1) is 22.0 Å². The van der Waals surface area contributed by atoms with Gasteiger partial charge in [0.15, 0.2) is 17.2 Å². The van der Waals surface area contributed by atoms with E-state index in [-0.39, 0.29) is 23.4 Å².